The molecule has 0 aromatic carbocycles. The van der Waals surface area contributed by atoms with E-state index in [1.807, 2.05) is 13.8 Å². The summed E-state index contributed by atoms with van der Waals surface area (Å²) in [6.45, 7) is 4.37. The van der Waals surface area contributed by atoms with E-state index >= 15 is 0 Å². The molecule has 0 radical (unpaired) electrons. The largest absolute Gasteiger partial charge is 0.464 e. The van der Waals surface area contributed by atoms with Gasteiger partial charge in [-0.05, 0) is 12.3 Å². The number of rotatable bonds is 3. The van der Waals surface area contributed by atoms with Gasteiger partial charge in [-0.15, -0.1) is 0 Å². The number of carbonyl (C=O) groups is 2. The van der Waals surface area contributed by atoms with Crippen molar-refractivity contribution in [3.63, 3.8) is 0 Å². The first-order chi connectivity index (χ1) is 6.09. The number of amides is 1. The third-order valence-electron chi connectivity index (χ3n) is 1.84. The van der Waals surface area contributed by atoms with E-state index in [4.69, 9.17) is 4.74 Å². The van der Waals surface area contributed by atoms with Crippen LogP contribution in [0.2, 0.25) is 0 Å². The van der Waals surface area contributed by atoms with Crippen molar-refractivity contribution >= 4 is 11.9 Å². The van der Waals surface area contributed by atoms with E-state index in [0.717, 1.165) is 0 Å². The number of nitrogens with one attached hydrogen (secondary N) is 1. The second-order valence-electron chi connectivity index (χ2n) is 3.68. The number of carbonyl (C=O) groups excluding carboxylic acids is 2. The van der Waals surface area contributed by atoms with E-state index in [9.17, 15) is 9.59 Å². The molecule has 1 amide bonds. The van der Waals surface area contributed by atoms with Crippen LogP contribution in [0.5, 0.6) is 0 Å². The van der Waals surface area contributed by atoms with Gasteiger partial charge in [0.2, 0.25) is 5.91 Å². The molecule has 4 heteroatoms. The van der Waals surface area contributed by atoms with Gasteiger partial charge in [-0.2, -0.15) is 0 Å². The van der Waals surface area contributed by atoms with Crippen molar-refractivity contribution in [1.29, 1.82) is 0 Å². The smallest absolute Gasteiger partial charge is 0.328 e. The Morgan fingerprint density at radius 1 is 1.69 bits per heavy atom. The fraction of sp³-hybridized carbons (Fsp3) is 0.778. The molecular weight excluding hydrogens is 170 g/mol. The van der Waals surface area contributed by atoms with Gasteiger partial charge < -0.3 is 10.1 Å². The predicted molar refractivity (Wildman–Crippen MR) is 47.0 cm³/mol. The lowest BCUT2D eigenvalue weighted by molar-refractivity contribution is -0.147. The predicted octanol–water partition coefficient (Wildman–Crippen LogP) is 0.464. The minimum absolute atomic E-state index is 0.0634. The van der Waals surface area contributed by atoms with Crippen molar-refractivity contribution in [1.82, 2.24) is 5.32 Å². The molecule has 1 N–H and O–H groups in total. The van der Waals surface area contributed by atoms with Crippen LogP contribution in [0.4, 0.5) is 0 Å². The SMILES string of the molecule is CC(C)COC(=O)[C@@H]1CCC(=O)N1. The third kappa shape index (κ3) is 3.05. The Hall–Kier alpha value is -1.06. The van der Waals surface area contributed by atoms with Crippen molar-refractivity contribution in [2.24, 2.45) is 5.92 Å². The first-order valence-corrected chi connectivity index (χ1v) is 4.55. The summed E-state index contributed by atoms with van der Waals surface area (Å²) in [5.41, 5.74) is 0. The van der Waals surface area contributed by atoms with Crippen LogP contribution in [0, 0.1) is 5.92 Å². The van der Waals surface area contributed by atoms with Crippen molar-refractivity contribution in [3.8, 4) is 0 Å². The van der Waals surface area contributed by atoms with Gasteiger partial charge in [0.15, 0.2) is 0 Å². The molecule has 74 valence electrons. The van der Waals surface area contributed by atoms with Gasteiger partial charge in [0.1, 0.15) is 6.04 Å². The molecule has 13 heavy (non-hydrogen) atoms. The van der Waals surface area contributed by atoms with Crippen molar-refractivity contribution < 1.29 is 14.3 Å². The zero-order valence-electron chi connectivity index (χ0n) is 8.00. The monoisotopic (exact) mass is 185 g/mol. The van der Waals surface area contributed by atoms with E-state index in [-0.39, 0.29) is 11.9 Å². The average Bonchev–Trinajstić information content (AvgIpc) is 2.47. The van der Waals surface area contributed by atoms with Gasteiger partial charge in [-0.3, -0.25) is 4.79 Å². The lowest BCUT2D eigenvalue weighted by atomic mass is 10.2. The lowest BCUT2D eigenvalue weighted by Gasteiger charge is -2.11. The third-order valence-corrected chi connectivity index (χ3v) is 1.84. The minimum Gasteiger partial charge on any atom is -0.464 e. The summed E-state index contributed by atoms with van der Waals surface area (Å²) in [6, 6.07) is -0.411. The van der Waals surface area contributed by atoms with Crippen LogP contribution in [-0.4, -0.2) is 24.5 Å². The molecule has 1 rings (SSSR count). The Bertz CT molecular complexity index is 213. The fourth-order valence-corrected chi connectivity index (χ4v) is 1.14. The lowest BCUT2D eigenvalue weighted by Crippen LogP contribution is -2.35. The quantitative estimate of drug-likeness (QED) is 0.650. The van der Waals surface area contributed by atoms with Crippen molar-refractivity contribution in [2.75, 3.05) is 6.61 Å². The number of esters is 1. The summed E-state index contributed by atoms with van der Waals surface area (Å²) in [7, 11) is 0. The molecule has 4 nitrogen and oxygen atoms in total. The maximum Gasteiger partial charge on any atom is 0.328 e. The highest BCUT2D eigenvalue weighted by atomic mass is 16.5. The molecule has 1 fully saturated rings. The maximum absolute atomic E-state index is 11.3. The number of hydrogen-bond acceptors (Lipinski definition) is 3. The first-order valence-electron chi connectivity index (χ1n) is 4.55. The van der Waals surface area contributed by atoms with Gasteiger partial charge >= 0.3 is 5.97 Å². The molecule has 0 saturated carbocycles. The summed E-state index contributed by atoms with van der Waals surface area (Å²) in [6.07, 6.45) is 0.997. The molecular formula is C9H15NO3. The van der Waals surface area contributed by atoms with Crippen LogP contribution < -0.4 is 5.32 Å². The molecule has 0 aromatic heterocycles. The standard InChI is InChI=1S/C9H15NO3/c1-6(2)5-13-9(12)7-3-4-8(11)10-7/h6-7H,3-5H2,1-2H3,(H,10,11)/t7-/m0/s1. The molecule has 1 heterocycles. The maximum atomic E-state index is 11.3. The van der Waals surface area contributed by atoms with Crippen molar-refractivity contribution in [2.45, 2.75) is 32.7 Å². The molecule has 1 aliphatic rings. The molecule has 0 unspecified atom stereocenters. The summed E-state index contributed by atoms with van der Waals surface area (Å²) in [5, 5.41) is 2.56. The molecule has 1 saturated heterocycles. The fourth-order valence-electron chi connectivity index (χ4n) is 1.14. The Morgan fingerprint density at radius 2 is 2.38 bits per heavy atom. The zero-order valence-corrected chi connectivity index (χ0v) is 8.00. The molecule has 0 aromatic rings. The summed E-state index contributed by atoms with van der Waals surface area (Å²) in [5.74, 6) is -0.0351. The summed E-state index contributed by atoms with van der Waals surface area (Å²) < 4.78 is 4.98. The first kappa shape index (κ1) is 10.0. The zero-order chi connectivity index (χ0) is 9.84. The van der Waals surface area contributed by atoms with Crippen molar-refractivity contribution in [3.05, 3.63) is 0 Å². The highest BCUT2D eigenvalue weighted by Gasteiger charge is 2.28. The van der Waals surface area contributed by atoms with Crippen LogP contribution in [-0.2, 0) is 14.3 Å². The van der Waals surface area contributed by atoms with Gasteiger partial charge in [-0.1, -0.05) is 13.8 Å². The molecule has 1 aliphatic heterocycles. The van der Waals surface area contributed by atoms with Crippen LogP contribution >= 0.6 is 0 Å². The average molecular weight is 185 g/mol. The second-order valence-corrected chi connectivity index (χ2v) is 3.68. The Balaban J connectivity index is 2.27. The van der Waals surface area contributed by atoms with E-state index < -0.39 is 6.04 Å². The Kier molecular flexibility index (Phi) is 3.28. The number of ether oxygens (including phenoxy) is 1. The number of hydrogen-bond donors (Lipinski definition) is 1. The molecule has 0 bridgehead atoms. The van der Waals surface area contributed by atoms with E-state index in [2.05, 4.69) is 5.32 Å². The summed E-state index contributed by atoms with van der Waals surface area (Å²) >= 11 is 0. The van der Waals surface area contributed by atoms with Gasteiger partial charge in [0, 0.05) is 6.42 Å². The molecule has 0 aliphatic carbocycles. The van der Waals surface area contributed by atoms with Crippen LogP contribution in [0.3, 0.4) is 0 Å². The van der Waals surface area contributed by atoms with Crippen LogP contribution in [0.15, 0.2) is 0 Å². The van der Waals surface area contributed by atoms with E-state index in [1.54, 1.807) is 0 Å². The normalized spacial score (nSPS) is 21.8. The molecule has 0 spiro atoms. The van der Waals surface area contributed by atoms with Gasteiger partial charge in [0.05, 0.1) is 6.61 Å². The van der Waals surface area contributed by atoms with E-state index in [1.165, 1.54) is 0 Å². The minimum atomic E-state index is -0.411. The Labute approximate surface area is 77.6 Å². The van der Waals surface area contributed by atoms with E-state index in [0.29, 0.717) is 25.4 Å². The van der Waals surface area contributed by atoms with Crippen LogP contribution in [0.1, 0.15) is 26.7 Å². The highest BCUT2D eigenvalue weighted by Crippen LogP contribution is 2.08. The Morgan fingerprint density at radius 3 is 2.85 bits per heavy atom. The van der Waals surface area contributed by atoms with Crippen LogP contribution in [0.25, 0.3) is 0 Å². The van der Waals surface area contributed by atoms with Gasteiger partial charge in [0.25, 0.3) is 0 Å². The van der Waals surface area contributed by atoms with Gasteiger partial charge in [-0.25, -0.2) is 4.79 Å². The highest BCUT2D eigenvalue weighted by molar-refractivity contribution is 5.87. The topological polar surface area (TPSA) is 55.4 Å². The summed E-state index contributed by atoms with van der Waals surface area (Å²) in [4.78, 5) is 22.0. The molecule has 1 atom stereocenters. The second kappa shape index (κ2) is 4.25.